The van der Waals surface area contributed by atoms with Gasteiger partial charge in [0, 0.05) is 6.61 Å². The summed E-state index contributed by atoms with van der Waals surface area (Å²) in [5.74, 6) is -0.985. The Morgan fingerprint density at radius 3 is 1.94 bits per heavy atom. The molecule has 0 N–H and O–H groups in total. The minimum atomic E-state index is -0.881. The summed E-state index contributed by atoms with van der Waals surface area (Å²) in [4.78, 5) is 23.0. The lowest BCUT2D eigenvalue weighted by Crippen LogP contribution is -2.32. The van der Waals surface area contributed by atoms with E-state index in [1.807, 2.05) is 0 Å². The van der Waals surface area contributed by atoms with E-state index in [0.717, 1.165) is 0 Å². The van der Waals surface area contributed by atoms with Crippen LogP contribution in [0.1, 0.15) is 41.0 Å². The molecule has 1 unspecified atom stereocenters. The van der Waals surface area contributed by atoms with Gasteiger partial charge in [0.1, 0.15) is 0 Å². The van der Waals surface area contributed by atoms with Crippen LogP contribution in [-0.4, -0.2) is 36.9 Å². The second kappa shape index (κ2) is 8.06. The first-order chi connectivity index (χ1) is 7.86. The summed E-state index contributed by atoms with van der Waals surface area (Å²) in [6.45, 7) is 9.08. The highest BCUT2D eigenvalue weighted by molar-refractivity contribution is 5.82. The summed E-state index contributed by atoms with van der Waals surface area (Å²) >= 11 is 0. The Morgan fingerprint density at radius 2 is 1.53 bits per heavy atom. The maximum Gasteiger partial charge on any atom is 0.336 e. The van der Waals surface area contributed by atoms with Crippen molar-refractivity contribution < 1.29 is 23.8 Å². The minimum absolute atomic E-state index is 0.114. The van der Waals surface area contributed by atoms with E-state index >= 15 is 0 Å². The van der Waals surface area contributed by atoms with Crippen molar-refractivity contribution in [2.24, 2.45) is 0 Å². The number of rotatable bonds is 7. The highest BCUT2D eigenvalue weighted by Crippen LogP contribution is 2.06. The number of carbonyl (C=O) groups is 2. The molecule has 1 atom stereocenters. The molecular formula is C12H22O5. The van der Waals surface area contributed by atoms with Gasteiger partial charge in [-0.3, -0.25) is 4.79 Å². The van der Waals surface area contributed by atoms with E-state index in [0.29, 0.717) is 6.61 Å². The van der Waals surface area contributed by atoms with Crippen LogP contribution in [0.3, 0.4) is 0 Å². The molecule has 0 aromatic rings. The van der Waals surface area contributed by atoms with Crippen molar-refractivity contribution in [1.82, 2.24) is 0 Å². The Hall–Kier alpha value is -1.10. The first kappa shape index (κ1) is 15.9. The fraction of sp³-hybridized carbons (Fsp3) is 0.833. The van der Waals surface area contributed by atoms with Gasteiger partial charge < -0.3 is 14.2 Å². The monoisotopic (exact) mass is 246 g/mol. The fourth-order valence-corrected chi connectivity index (χ4v) is 1.18. The number of hydrogen-bond donors (Lipinski definition) is 0. The van der Waals surface area contributed by atoms with Gasteiger partial charge in [0.05, 0.1) is 18.6 Å². The number of ether oxygens (including phenoxy) is 3. The van der Waals surface area contributed by atoms with Crippen molar-refractivity contribution in [3.05, 3.63) is 0 Å². The molecule has 0 radical (unpaired) electrons. The molecule has 0 aliphatic heterocycles. The third-order valence-corrected chi connectivity index (χ3v) is 1.70. The van der Waals surface area contributed by atoms with Crippen LogP contribution in [0.2, 0.25) is 0 Å². The minimum Gasteiger partial charge on any atom is -0.463 e. The van der Waals surface area contributed by atoms with Crippen molar-refractivity contribution in [1.29, 1.82) is 0 Å². The lowest BCUT2D eigenvalue weighted by Gasteiger charge is -2.17. The Balaban J connectivity index is 4.31. The zero-order valence-corrected chi connectivity index (χ0v) is 11.2. The van der Waals surface area contributed by atoms with Gasteiger partial charge in [0.25, 0.3) is 0 Å². The molecule has 0 aromatic carbocycles. The van der Waals surface area contributed by atoms with Crippen LogP contribution in [0.25, 0.3) is 0 Å². The second-order valence-electron chi connectivity index (χ2n) is 4.17. The Bertz CT molecular complexity index is 247. The van der Waals surface area contributed by atoms with Gasteiger partial charge in [-0.15, -0.1) is 0 Å². The second-order valence-corrected chi connectivity index (χ2v) is 4.17. The lowest BCUT2D eigenvalue weighted by atomic mass is 10.2. The largest absolute Gasteiger partial charge is 0.463 e. The van der Waals surface area contributed by atoms with E-state index in [9.17, 15) is 9.59 Å². The molecule has 0 amide bonds. The molecule has 5 heteroatoms. The first-order valence-electron chi connectivity index (χ1n) is 5.88. The van der Waals surface area contributed by atoms with Crippen LogP contribution in [0.4, 0.5) is 0 Å². The normalized spacial score (nSPS) is 12.6. The predicted octanol–water partition coefficient (Wildman–Crippen LogP) is 1.68. The van der Waals surface area contributed by atoms with E-state index in [1.165, 1.54) is 0 Å². The zero-order chi connectivity index (χ0) is 13.4. The van der Waals surface area contributed by atoms with E-state index in [-0.39, 0.29) is 18.6 Å². The Kier molecular flexibility index (Phi) is 7.54. The number of hydrogen-bond acceptors (Lipinski definition) is 5. The molecule has 0 aromatic heterocycles. The molecule has 0 spiro atoms. The van der Waals surface area contributed by atoms with Gasteiger partial charge in [-0.2, -0.15) is 0 Å². The van der Waals surface area contributed by atoms with Crippen molar-refractivity contribution in [2.45, 2.75) is 59.4 Å². The molecule has 0 saturated carbocycles. The van der Waals surface area contributed by atoms with Gasteiger partial charge in [0.15, 0.2) is 6.10 Å². The highest BCUT2D eigenvalue weighted by atomic mass is 16.6. The Labute approximate surface area is 102 Å². The van der Waals surface area contributed by atoms with Gasteiger partial charge >= 0.3 is 11.9 Å². The maximum absolute atomic E-state index is 11.6. The van der Waals surface area contributed by atoms with Crippen LogP contribution in [0.15, 0.2) is 0 Å². The average molecular weight is 246 g/mol. The summed E-state index contributed by atoms with van der Waals surface area (Å²) in [7, 11) is 0. The quantitative estimate of drug-likeness (QED) is 0.640. The molecule has 0 rings (SSSR count). The molecule has 0 aliphatic rings. The summed E-state index contributed by atoms with van der Waals surface area (Å²) in [6, 6.07) is 0. The van der Waals surface area contributed by atoms with Crippen molar-refractivity contribution >= 4 is 11.9 Å². The van der Waals surface area contributed by atoms with Gasteiger partial charge in [-0.25, -0.2) is 4.79 Å². The summed E-state index contributed by atoms with van der Waals surface area (Å²) in [5.41, 5.74) is 0. The smallest absolute Gasteiger partial charge is 0.336 e. The van der Waals surface area contributed by atoms with E-state index in [4.69, 9.17) is 14.2 Å². The first-order valence-corrected chi connectivity index (χ1v) is 5.88. The summed E-state index contributed by atoms with van der Waals surface area (Å²) < 4.78 is 15.1. The summed E-state index contributed by atoms with van der Waals surface area (Å²) in [5, 5.41) is 0. The highest BCUT2D eigenvalue weighted by Gasteiger charge is 2.25. The molecule has 0 heterocycles. The zero-order valence-electron chi connectivity index (χ0n) is 11.2. The van der Waals surface area contributed by atoms with Crippen LogP contribution >= 0.6 is 0 Å². The van der Waals surface area contributed by atoms with E-state index in [1.54, 1.807) is 34.6 Å². The van der Waals surface area contributed by atoms with Gasteiger partial charge in [-0.1, -0.05) is 0 Å². The molecule has 0 aliphatic carbocycles. The standard InChI is InChI=1S/C12H22O5/c1-6-15-10(12(14)17-9(4)5)7-11(13)16-8(2)3/h8-10H,6-7H2,1-5H3. The average Bonchev–Trinajstić information content (AvgIpc) is 2.14. The van der Waals surface area contributed by atoms with E-state index < -0.39 is 18.0 Å². The molecule has 0 fully saturated rings. The molecule has 100 valence electrons. The van der Waals surface area contributed by atoms with Crippen LogP contribution < -0.4 is 0 Å². The SMILES string of the molecule is CCOC(CC(=O)OC(C)C)C(=O)OC(C)C. The van der Waals surface area contributed by atoms with Crippen molar-refractivity contribution in [3.63, 3.8) is 0 Å². The fourth-order valence-electron chi connectivity index (χ4n) is 1.18. The topological polar surface area (TPSA) is 61.8 Å². The molecule has 5 nitrogen and oxygen atoms in total. The third kappa shape index (κ3) is 7.74. The number of carbonyl (C=O) groups excluding carboxylic acids is 2. The summed E-state index contributed by atoms with van der Waals surface area (Å²) in [6.07, 6.45) is -1.43. The molecule has 0 saturated heterocycles. The maximum atomic E-state index is 11.6. The molecule has 17 heavy (non-hydrogen) atoms. The van der Waals surface area contributed by atoms with Gasteiger partial charge in [-0.05, 0) is 34.6 Å². The van der Waals surface area contributed by atoms with Gasteiger partial charge in [0.2, 0.25) is 0 Å². The predicted molar refractivity (Wildman–Crippen MR) is 62.5 cm³/mol. The lowest BCUT2D eigenvalue weighted by molar-refractivity contribution is -0.167. The van der Waals surface area contributed by atoms with Crippen LogP contribution in [-0.2, 0) is 23.8 Å². The third-order valence-electron chi connectivity index (χ3n) is 1.70. The van der Waals surface area contributed by atoms with E-state index in [2.05, 4.69) is 0 Å². The van der Waals surface area contributed by atoms with Crippen molar-refractivity contribution in [3.8, 4) is 0 Å². The van der Waals surface area contributed by atoms with Crippen LogP contribution in [0, 0.1) is 0 Å². The van der Waals surface area contributed by atoms with Crippen molar-refractivity contribution in [2.75, 3.05) is 6.61 Å². The van der Waals surface area contributed by atoms with Crippen LogP contribution in [0.5, 0.6) is 0 Å². The Morgan fingerprint density at radius 1 is 1.00 bits per heavy atom. The molecular weight excluding hydrogens is 224 g/mol. The number of esters is 2. The molecule has 0 bridgehead atoms.